The van der Waals surface area contributed by atoms with Crippen molar-refractivity contribution < 1.29 is 9.47 Å². The fourth-order valence-electron chi connectivity index (χ4n) is 3.31. The van der Waals surface area contributed by atoms with Gasteiger partial charge in [0.25, 0.3) is 0 Å². The van der Waals surface area contributed by atoms with Gasteiger partial charge in [-0.15, -0.1) is 0 Å². The first-order valence-corrected chi connectivity index (χ1v) is 10.7. The lowest BCUT2D eigenvalue weighted by Gasteiger charge is -2.36. The Morgan fingerprint density at radius 3 is 2.55 bits per heavy atom. The molecule has 1 aliphatic rings. The largest absolute Gasteiger partial charge is 0.493 e. The van der Waals surface area contributed by atoms with E-state index in [1.165, 1.54) is 17.1 Å². The maximum absolute atomic E-state index is 5.39. The monoisotopic (exact) mass is 418 g/mol. The van der Waals surface area contributed by atoms with Crippen molar-refractivity contribution in [1.82, 2.24) is 19.6 Å². The van der Waals surface area contributed by atoms with Gasteiger partial charge in [-0.3, -0.25) is 4.99 Å². The molecule has 1 fully saturated rings. The number of anilines is 1. The van der Waals surface area contributed by atoms with E-state index in [9.17, 15) is 0 Å². The molecule has 158 valence electrons. The van der Waals surface area contributed by atoms with Crippen molar-refractivity contribution in [3.8, 4) is 11.5 Å². The standard InChI is InChI=1S/C20H30N6O2S/c1-5-18-23-20(29-24-18)26-12-10-25(11-13-26)19(21-2)22-9-8-15-6-7-16(27-3)17(14-15)28-4/h6-7,14H,5,8-13H2,1-4H3,(H,21,22). The molecule has 2 heterocycles. The highest BCUT2D eigenvalue weighted by atomic mass is 32.1. The van der Waals surface area contributed by atoms with Crippen LogP contribution in [0.1, 0.15) is 18.3 Å². The van der Waals surface area contributed by atoms with E-state index in [4.69, 9.17) is 9.47 Å². The number of methoxy groups -OCH3 is 2. The number of nitrogens with zero attached hydrogens (tertiary/aromatic N) is 5. The van der Waals surface area contributed by atoms with Crippen molar-refractivity contribution in [1.29, 1.82) is 0 Å². The van der Waals surface area contributed by atoms with Gasteiger partial charge in [0.05, 0.1) is 14.2 Å². The number of piperazine rings is 1. The third kappa shape index (κ3) is 5.29. The van der Waals surface area contributed by atoms with Crippen molar-refractivity contribution in [2.24, 2.45) is 4.99 Å². The molecule has 9 heteroatoms. The molecule has 3 rings (SSSR count). The molecule has 0 spiro atoms. The predicted molar refractivity (Wildman–Crippen MR) is 118 cm³/mol. The Balaban J connectivity index is 1.48. The fraction of sp³-hybridized carbons (Fsp3) is 0.550. The van der Waals surface area contributed by atoms with E-state index in [1.807, 2.05) is 19.2 Å². The van der Waals surface area contributed by atoms with Crippen molar-refractivity contribution >= 4 is 22.6 Å². The average Bonchev–Trinajstić information content (AvgIpc) is 3.26. The zero-order valence-corrected chi connectivity index (χ0v) is 18.5. The minimum Gasteiger partial charge on any atom is -0.493 e. The molecule has 1 saturated heterocycles. The molecular weight excluding hydrogens is 388 g/mol. The van der Waals surface area contributed by atoms with Crippen LogP contribution in [0.25, 0.3) is 0 Å². The lowest BCUT2D eigenvalue weighted by molar-refractivity contribution is 0.354. The van der Waals surface area contributed by atoms with Gasteiger partial charge in [-0.2, -0.15) is 4.37 Å². The van der Waals surface area contributed by atoms with Crippen LogP contribution in [0, 0.1) is 0 Å². The number of aliphatic imine (C=N–C) groups is 1. The van der Waals surface area contributed by atoms with Crippen molar-refractivity contribution in [2.75, 3.05) is 58.9 Å². The van der Waals surface area contributed by atoms with Gasteiger partial charge < -0.3 is 24.6 Å². The third-order valence-electron chi connectivity index (χ3n) is 4.98. The van der Waals surface area contributed by atoms with E-state index < -0.39 is 0 Å². The van der Waals surface area contributed by atoms with Gasteiger partial charge in [0.15, 0.2) is 17.5 Å². The van der Waals surface area contributed by atoms with Crippen LogP contribution < -0.4 is 19.7 Å². The molecule has 0 atom stereocenters. The van der Waals surface area contributed by atoms with Gasteiger partial charge in [0, 0.05) is 57.7 Å². The van der Waals surface area contributed by atoms with Gasteiger partial charge in [0.1, 0.15) is 5.82 Å². The third-order valence-corrected chi connectivity index (χ3v) is 5.79. The zero-order valence-electron chi connectivity index (χ0n) is 17.6. The molecule has 29 heavy (non-hydrogen) atoms. The lowest BCUT2D eigenvalue weighted by Crippen LogP contribution is -2.52. The number of guanidine groups is 1. The van der Waals surface area contributed by atoms with Crippen LogP contribution in [0.5, 0.6) is 11.5 Å². The van der Waals surface area contributed by atoms with Gasteiger partial charge in [-0.05, 0) is 24.1 Å². The van der Waals surface area contributed by atoms with Crippen LogP contribution in [-0.4, -0.2) is 74.2 Å². The smallest absolute Gasteiger partial charge is 0.205 e. The number of aryl methyl sites for hydroxylation is 1. The van der Waals surface area contributed by atoms with Gasteiger partial charge in [-0.25, -0.2) is 4.98 Å². The number of benzene rings is 1. The van der Waals surface area contributed by atoms with Crippen LogP contribution in [0.2, 0.25) is 0 Å². The number of aromatic nitrogens is 2. The van der Waals surface area contributed by atoms with Crippen molar-refractivity contribution in [3.63, 3.8) is 0 Å². The van der Waals surface area contributed by atoms with E-state index in [0.29, 0.717) is 0 Å². The minimum atomic E-state index is 0.749. The molecule has 1 aromatic heterocycles. The average molecular weight is 419 g/mol. The second-order valence-corrected chi connectivity index (χ2v) is 7.46. The van der Waals surface area contributed by atoms with Crippen molar-refractivity contribution in [3.05, 3.63) is 29.6 Å². The number of hydrogen-bond donors (Lipinski definition) is 1. The Morgan fingerprint density at radius 2 is 1.93 bits per heavy atom. The van der Waals surface area contributed by atoms with Crippen LogP contribution in [0.3, 0.4) is 0 Å². The highest BCUT2D eigenvalue weighted by Gasteiger charge is 2.21. The first-order valence-electron chi connectivity index (χ1n) is 9.92. The molecule has 0 saturated carbocycles. The SMILES string of the molecule is CCc1nsc(N2CCN(C(=NC)NCCc3ccc(OC)c(OC)c3)CC2)n1. The fourth-order valence-corrected chi connectivity index (χ4v) is 4.11. The Hall–Kier alpha value is -2.55. The quantitative estimate of drug-likeness (QED) is 0.545. The molecule has 0 amide bonds. The van der Waals surface area contributed by atoms with Crippen LogP contribution in [0.15, 0.2) is 23.2 Å². The molecule has 0 bridgehead atoms. The predicted octanol–water partition coefficient (Wildman–Crippen LogP) is 2.06. The summed E-state index contributed by atoms with van der Waals surface area (Å²) in [6, 6.07) is 6.03. The van der Waals surface area contributed by atoms with Crippen LogP contribution >= 0.6 is 11.5 Å². The summed E-state index contributed by atoms with van der Waals surface area (Å²) in [6.45, 7) is 6.57. The van der Waals surface area contributed by atoms with Crippen molar-refractivity contribution in [2.45, 2.75) is 19.8 Å². The zero-order chi connectivity index (χ0) is 20.6. The molecule has 2 aromatic rings. The summed E-state index contributed by atoms with van der Waals surface area (Å²) in [4.78, 5) is 13.7. The van der Waals surface area contributed by atoms with Gasteiger partial charge in [-0.1, -0.05) is 13.0 Å². The van der Waals surface area contributed by atoms with E-state index in [0.717, 1.165) is 74.0 Å². The van der Waals surface area contributed by atoms with E-state index >= 15 is 0 Å². The second-order valence-electron chi connectivity index (χ2n) is 6.73. The summed E-state index contributed by atoms with van der Waals surface area (Å²) in [5.74, 6) is 3.38. The lowest BCUT2D eigenvalue weighted by atomic mass is 10.1. The van der Waals surface area contributed by atoms with Gasteiger partial charge in [0.2, 0.25) is 5.13 Å². The van der Waals surface area contributed by atoms with E-state index in [2.05, 4.69) is 42.5 Å². The Bertz CT molecular complexity index is 817. The summed E-state index contributed by atoms with van der Waals surface area (Å²) in [5.41, 5.74) is 1.19. The minimum absolute atomic E-state index is 0.749. The summed E-state index contributed by atoms with van der Waals surface area (Å²) in [6.07, 6.45) is 1.76. The number of ether oxygens (including phenoxy) is 2. The Kier molecular flexibility index (Phi) is 7.51. The first kappa shape index (κ1) is 21.2. The molecular formula is C20H30N6O2S. The van der Waals surface area contributed by atoms with Crippen LogP contribution in [-0.2, 0) is 12.8 Å². The number of rotatable bonds is 7. The number of nitrogens with one attached hydrogen (secondary N) is 1. The maximum Gasteiger partial charge on any atom is 0.205 e. The Morgan fingerprint density at radius 1 is 1.17 bits per heavy atom. The summed E-state index contributed by atoms with van der Waals surface area (Å²) in [7, 11) is 5.14. The van der Waals surface area contributed by atoms with Gasteiger partial charge >= 0.3 is 0 Å². The molecule has 8 nitrogen and oxygen atoms in total. The normalized spacial score (nSPS) is 14.8. The summed E-state index contributed by atoms with van der Waals surface area (Å²) in [5, 5.41) is 4.51. The first-order chi connectivity index (χ1) is 14.2. The summed E-state index contributed by atoms with van der Waals surface area (Å²) < 4.78 is 15.1. The topological polar surface area (TPSA) is 75.1 Å². The molecule has 1 aliphatic heterocycles. The molecule has 0 radical (unpaired) electrons. The van der Waals surface area contributed by atoms with E-state index in [-0.39, 0.29) is 0 Å². The summed E-state index contributed by atoms with van der Waals surface area (Å²) >= 11 is 1.49. The Labute approximate surface area is 176 Å². The highest BCUT2D eigenvalue weighted by molar-refractivity contribution is 7.09. The molecule has 1 N–H and O–H groups in total. The number of hydrogen-bond acceptors (Lipinski definition) is 7. The van der Waals surface area contributed by atoms with Crippen LogP contribution in [0.4, 0.5) is 5.13 Å². The molecule has 1 aromatic carbocycles. The second kappa shape index (κ2) is 10.3. The molecule has 0 aliphatic carbocycles. The maximum atomic E-state index is 5.39. The highest BCUT2D eigenvalue weighted by Crippen LogP contribution is 2.27. The molecule has 0 unspecified atom stereocenters. The van der Waals surface area contributed by atoms with E-state index in [1.54, 1.807) is 14.2 Å².